The van der Waals surface area contributed by atoms with E-state index in [1.54, 1.807) is 55.0 Å². The highest BCUT2D eigenvalue weighted by Crippen LogP contribution is 2.34. The number of amides is 1. The van der Waals surface area contributed by atoms with Gasteiger partial charge in [0.05, 0.1) is 17.4 Å². The zero-order valence-corrected chi connectivity index (χ0v) is 21.2. The van der Waals surface area contributed by atoms with Gasteiger partial charge in [0.1, 0.15) is 34.1 Å². The lowest BCUT2D eigenvalue weighted by Crippen LogP contribution is -2.20. The molecule has 10 heteroatoms. The number of benzene rings is 2. The van der Waals surface area contributed by atoms with Crippen LogP contribution in [0.15, 0.2) is 67.1 Å². The highest BCUT2D eigenvalue weighted by atomic mass is 19.1. The van der Waals surface area contributed by atoms with Gasteiger partial charge < -0.3 is 10.3 Å². The van der Waals surface area contributed by atoms with Crippen molar-refractivity contribution in [1.29, 1.82) is 0 Å². The van der Waals surface area contributed by atoms with E-state index >= 15 is 4.39 Å². The molecule has 4 heterocycles. The zero-order valence-electron chi connectivity index (χ0n) is 21.2. The first-order valence-electron chi connectivity index (χ1n) is 13.1. The number of carbonyl (C=O) groups excluding carboxylic acids is 1. The average Bonchev–Trinajstić information content (AvgIpc) is 3.73. The van der Waals surface area contributed by atoms with E-state index in [0.717, 1.165) is 25.7 Å². The smallest absolute Gasteiger partial charge is 0.227 e. The number of hydrogen-bond donors (Lipinski definition) is 3. The molecular formula is C30H23F2N7O. The Balaban J connectivity index is 1.28. The van der Waals surface area contributed by atoms with Crippen LogP contribution >= 0.6 is 0 Å². The van der Waals surface area contributed by atoms with E-state index in [-0.39, 0.29) is 17.3 Å². The Labute approximate surface area is 226 Å². The molecule has 7 rings (SSSR count). The summed E-state index contributed by atoms with van der Waals surface area (Å²) in [7, 11) is 0. The van der Waals surface area contributed by atoms with Gasteiger partial charge in [-0.2, -0.15) is 5.10 Å². The molecular weight excluding hydrogens is 512 g/mol. The van der Waals surface area contributed by atoms with Gasteiger partial charge in [0, 0.05) is 34.8 Å². The van der Waals surface area contributed by atoms with Gasteiger partial charge in [-0.3, -0.25) is 19.9 Å². The first-order chi connectivity index (χ1) is 19.5. The molecule has 1 aliphatic carbocycles. The largest absolute Gasteiger partial charge is 0.336 e. The van der Waals surface area contributed by atoms with E-state index in [4.69, 9.17) is 0 Å². The average molecular weight is 536 g/mol. The van der Waals surface area contributed by atoms with Gasteiger partial charge in [-0.25, -0.2) is 13.8 Å². The Morgan fingerprint density at radius 3 is 2.65 bits per heavy atom. The molecule has 1 fully saturated rings. The first-order valence-corrected chi connectivity index (χ1v) is 13.1. The lowest BCUT2D eigenvalue weighted by atomic mass is 10.0. The minimum atomic E-state index is -0.489. The summed E-state index contributed by atoms with van der Waals surface area (Å²) < 4.78 is 29.8. The predicted molar refractivity (Wildman–Crippen MR) is 148 cm³/mol. The van der Waals surface area contributed by atoms with Crippen molar-refractivity contribution in [1.82, 2.24) is 30.1 Å². The normalized spacial score (nSPS) is 13.8. The molecule has 1 aliphatic rings. The number of imidazole rings is 1. The molecule has 8 nitrogen and oxygen atoms in total. The Kier molecular flexibility index (Phi) is 5.80. The number of rotatable bonds is 5. The fourth-order valence-corrected chi connectivity index (χ4v) is 5.42. The molecule has 0 saturated heterocycles. The van der Waals surface area contributed by atoms with Gasteiger partial charge in [0.15, 0.2) is 5.82 Å². The van der Waals surface area contributed by atoms with Gasteiger partial charge in [-0.1, -0.05) is 25.0 Å². The second kappa shape index (κ2) is 9.64. The number of hydrogen-bond acceptors (Lipinski definition) is 5. The quantitative estimate of drug-likeness (QED) is 0.229. The van der Waals surface area contributed by atoms with Crippen LogP contribution in [0.3, 0.4) is 0 Å². The maximum Gasteiger partial charge on any atom is 0.227 e. The van der Waals surface area contributed by atoms with Crippen LogP contribution in [-0.4, -0.2) is 36.0 Å². The lowest BCUT2D eigenvalue weighted by Gasteiger charge is -2.11. The molecule has 0 radical (unpaired) electrons. The Bertz CT molecular complexity index is 1910. The fourth-order valence-electron chi connectivity index (χ4n) is 5.42. The van der Waals surface area contributed by atoms with Crippen LogP contribution in [-0.2, 0) is 4.79 Å². The number of nitrogens with zero attached hydrogens (tertiary/aromatic N) is 4. The fraction of sp³-hybridized carbons (Fsp3) is 0.167. The van der Waals surface area contributed by atoms with E-state index < -0.39 is 11.6 Å². The van der Waals surface area contributed by atoms with Crippen molar-refractivity contribution in [2.75, 3.05) is 5.32 Å². The third kappa shape index (κ3) is 4.17. The van der Waals surface area contributed by atoms with Crippen molar-refractivity contribution in [2.45, 2.75) is 25.7 Å². The van der Waals surface area contributed by atoms with Crippen LogP contribution in [0, 0.1) is 17.6 Å². The first kappa shape index (κ1) is 24.1. The molecule has 0 spiro atoms. The molecule has 0 atom stereocenters. The van der Waals surface area contributed by atoms with E-state index in [0.29, 0.717) is 56.0 Å². The van der Waals surface area contributed by atoms with Gasteiger partial charge in [0.2, 0.25) is 5.91 Å². The summed E-state index contributed by atoms with van der Waals surface area (Å²) in [6.07, 6.45) is 8.71. The number of H-pyrrole nitrogens is 2. The van der Waals surface area contributed by atoms with Crippen LogP contribution in [0.1, 0.15) is 25.7 Å². The molecule has 6 aromatic rings. The van der Waals surface area contributed by atoms with Crippen LogP contribution in [0.2, 0.25) is 0 Å². The maximum absolute atomic E-state index is 15.3. The number of fused-ring (bicyclic) bond motifs is 2. The van der Waals surface area contributed by atoms with Gasteiger partial charge in [-0.15, -0.1) is 0 Å². The molecule has 1 amide bonds. The second-order valence-electron chi connectivity index (χ2n) is 10.0. The van der Waals surface area contributed by atoms with Crippen LogP contribution in [0.4, 0.5) is 14.5 Å². The van der Waals surface area contributed by atoms with E-state index in [1.807, 2.05) is 0 Å². The molecule has 0 bridgehead atoms. The van der Waals surface area contributed by atoms with Gasteiger partial charge in [-0.05, 0) is 54.8 Å². The molecule has 2 aromatic carbocycles. The highest BCUT2D eigenvalue weighted by molar-refractivity contribution is 5.98. The molecule has 4 aromatic heterocycles. The molecule has 0 aliphatic heterocycles. The Hall–Kier alpha value is -4.99. The van der Waals surface area contributed by atoms with Gasteiger partial charge in [0.25, 0.3) is 0 Å². The van der Waals surface area contributed by atoms with E-state index in [1.165, 1.54) is 12.1 Å². The van der Waals surface area contributed by atoms with Crippen molar-refractivity contribution in [3.63, 3.8) is 0 Å². The van der Waals surface area contributed by atoms with Crippen molar-refractivity contribution in [3.8, 4) is 33.9 Å². The van der Waals surface area contributed by atoms with Crippen molar-refractivity contribution < 1.29 is 13.6 Å². The predicted octanol–water partition coefficient (Wildman–Crippen LogP) is 6.64. The minimum absolute atomic E-state index is 0.00988. The third-order valence-corrected chi connectivity index (χ3v) is 7.44. The molecule has 3 N–H and O–H groups in total. The number of aromatic nitrogens is 6. The number of nitrogens with one attached hydrogen (secondary N) is 3. The molecule has 1 saturated carbocycles. The summed E-state index contributed by atoms with van der Waals surface area (Å²) in [6.45, 7) is 0. The van der Waals surface area contributed by atoms with Crippen LogP contribution < -0.4 is 5.32 Å². The molecule has 40 heavy (non-hydrogen) atoms. The number of anilines is 1. The summed E-state index contributed by atoms with van der Waals surface area (Å²) in [4.78, 5) is 29.2. The van der Waals surface area contributed by atoms with Crippen molar-refractivity contribution >= 4 is 33.5 Å². The molecule has 198 valence electrons. The van der Waals surface area contributed by atoms with Crippen LogP contribution in [0.25, 0.3) is 55.8 Å². The third-order valence-electron chi connectivity index (χ3n) is 7.44. The van der Waals surface area contributed by atoms with Crippen molar-refractivity contribution in [3.05, 3.63) is 78.8 Å². The zero-order chi connectivity index (χ0) is 27.2. The summed E-state index contributed by atoms with van der Waals surface area (Å²) in [5, 5.41) is 10.6. The lowest BCUT2D eigenvalue weighted by molar-refractivity contribution is -0.119. The summed E-state index contributed by atoms with van der Waals surface area (Å²) in [5.41, 5.74) is 4.26. The topological polar surface area (TPSA) is 112 Å². The highest BCUT2D eigenvalue weighted by Gasteiger charge is 2.23. The Morgan fingerprint density at radius 2 is 1.80 bits per heavy atom. The number of carbonyl (C=O) groups is 1. The summed E-state index contributed by atoms with van der Waals surface area (Å²) >= 11 is 0. The summed E-state index contributed by atoms with van der Waals surface area (Å²) in [5.74, 6) is -0.497. The minimum Gasteiger partial charge on any atom is -0.336 e. The number of halogens is 2. The summed E-state index contributed by atoms with van der Waals surface area (Å²) in [6, 6.07) is 13.1. The standard InChI is InChI=1S/C30H23F2N7O/c31-22-8-4-3-7-20(22)26-28-24(9-10-34-26)36-29(37-28)27-21-12-17(13-23(32)25(21)38-39-27)18-11-19(15-33-14-18)35-30(40)16-5-1-2-6-16/h3-4,7-16H,1-2,5-6H2,(H,35,40)(H,36,37)(H,38,39). The number of pyridine rings is 2. The number of aromatic amines is 2. The SMILES string of the molecule is O=C(Nc1cncc(-c2cc(F)c3[nH]nc(-c4nc5c(-c6ccccc6F)nccc5[nH]4)c3c2)c1)C1CCCC1. The molecule has 0 unspecified atom stereocenters. The van der Waals surface area contributed by atoms with E-state index in [2.05, 4.69) is 35.5 Å². The van der Waals surface area contributed by atoms with Crippen molar-refractivity contribution in [2.24, 2.45) is 5.92 Å². The van der Waals surface area contributed by atoms with Crippen LogP contribution in [0.5, 0.6) is 0 Å². The Morgan fingerprint density at radius 1 is 0.950 bits per heavy atom. The monoisotopic (exact) mass is 535 g/mol. The van der Waals surface area contributed by atoms with E-state index in [9.17, 15) is 9.18 Å². The second-order valence-corrected chi connectivity index (χ2v) is 10.0. The van der Waals surface area contributed by atoms with Gasteiger partial charge >= 0.3 is 0 Å². The maximum atomic E-state index is 15.3.